The second-order valence-corrected chi connectivity index (χ2v) is 6.01. The molecule has 7 heteroatoms. The Kier molecular flexibility index (Phi) is 5.34. The number of imidazole rings is 1. The van der Waals surface area contributed by atoms with E-state index in [9.17, 15) is 9.59 Å². The second-order valence-electron chi connectivity index (χ2n) is 5.60. The van der Waals surface area contributed by atoms with Crippen LogP contribution in [0.5, 0.6) is 0 Å². The van der Waals surface area contributed by atoms with Crippen LogP contribution in [0.1, 0.15) is 15.9 Å². The van der Waals surface area contributed by atoms with Crippen LogP contribution >= 0.6 is 11.6 Å². The highest BCUT2D eigenvalue weighted by Crippen LogP contribution is 2.20. The third-order valence-corrected chi connectivity index (χ3v) is 4.09. The lowest BCUT2D eigenvalue weighted by molar-refractivity contribution is -0.119. The summed E-state index contributed by atoms with van der Waals surface area (Å²) < 4.78 is 5.04. The molecule has 0 atom stereocenters. The molecule has 3 aromatic rings. The molecule has 0 unspecified atom stereocenters. The molecule has 2 N–H and O–H groups in total. The number of rotatable bonds is 5. The van der Waals surface area contributed by atoms with Crippen molar-refractivity contribution in [3.05, 3.63) is 71.0 Å². The number of hydrogen-bond acceptors (Lipinski definition) is 4. The minimum absolute atomic E-state index is 0.353. The molecule has 6 nitrogen and oxygen atoms in total. The van der Waals surface area contributed by atoms with Gasteiger partial charge in [0.1, 0.15) is 5.82 Å². The van der Waals surface area contributed by atoms with Gasteiger partial charge in [0, 0.05) is 28.7 Å². The number of nitrogens with one attached hydrogen (secondary N) is 2. The number of aryl methyl sites for hydroxylation is 1. The van der Waals surface area contributed by atoms with Crippen LogP contribution in [0.15, 0.2) is 54.9 Å². The van der Waals surface area contributed by atoms with Crippen LogP contribution in [0.25, 0.3) is 11.4 Å². The molecule has 0 spiro atoms. The highest BCUT2D eigenvalue weighted by Gasteiger charge is 2.11. The zero-order chi connectivity index (χ0) is 18.5. The van der Waals surface area contributed by atoms with Gasteiger partial charge < -0.3 is 15.0 Å². The van der Waals surface area contributed by atoms with E-state index >= 15 is 0 Å². The highest BCUT2D eigenvalue weighted by atomic mass is 35.5. The fraction of sp³-hybridized carbons (Fsp3) is 0.105. The van der Waals surface area contributed by atoms with Crippen molar-refractivity contribution in [2.75, 3.05) is 11.9 Å². The SMILES string of the molecule is Cc1ccc(NC(=O)COC(=O)c2ccc(-c3ncc[nH]3)cc2)cc1Cl. The van der Waals surface area contributed by atoms with Crippen molar-refractivity contribution < 1.29 is 14.3 Å². The van der Waals surface area contributed by atoms with Crippen molar-refractivity contribution in [3.63, 3.8) is 0 Å². The number of ether oxygens (including phenoxy) is 1. The van der Waals surface area contributed by atoms with E-state index in [1.807, 2.05) is 6.92 Å². The van der Waals surface area contributed by atoms with E-state index in [0.717, 1.165) is 11.1 Å². The summed E-state index contributed by atoms with van der Waals surface area (Å²) >= 11 is 6.01. The number of benzene rings is 2. The number of amides is 1. The van der Waals surface area contributed by atoms with Crippen molar-refractivity contribution in [1.82, 2.24) is 9.97 Å². The predicted molar refractivity (Wildman–Crippen MR) is 99.1 cm³/mol. The van der Waals surface area contributed by atoms with Gasteiger partial charge in [0.25, 0.3) is 5.91 Å². The second kappa shape index (κ2) is 7.84. The van der Waals surface area contributed by atoms with E-state index in [1.165, 1.54) is 0 Å². The summed E-state index contributed by atoms with van der Waals surface area (Å²) in [5.74, 6) is -0.306. The summed E-state index contributed by atoms with van der Waals surface area (Å²) in [6, 6.07) is 11.9. The first kappa shape index (κ1) is 17.7. The van der Waals surface area contributed by atoms with Gasteiger partial charge >= 0.3 is 5.97 Å². The largest absolute Gasteiger partial charge is 0.452 e. The van der Waals surface area contributed by atoms with Gasteiger partial charge in [-0.3, -0.25) is 4.79 Å². The van der Waals surface area contributed by atoms with Crippen LogP contribution in [0, 0.1) is 6.92 Å². The van der Waals surface area contributed by atoms with Crippen LogP contribution in [0.4, 0.5) is 5.69 Å². The molecule has 132 valence electrons. The quantitative estimate of drug-likeness (QED) is 0.669. The lowest BCUT2D eigenvalue weighted by Gasteiger charge is -2.08. The number of aromatic amines is 1. The van der Waals surface area contributed by atoms with Crippen LogP contribution in [0.2, 0.25) is 5.02 Å². The molecular formula is C19H16ClN3O3. The molecule has 0 aliphatic heterocycles. The Bertz CT molecular complexity index is 922. The summed E-state index contributed by atoms with van der Waals surface area (Å²) in [5.41, 5.74) is 2.66. The number of aromatic nitrogens is 2. The van der Waals surface area contributed by atoms with Crippen molar-refractivity contribution in [2.45, 2.75) is 6.92 Å². The van der Waals surface area contributed by atoms with Gasteiger partial charge in [-0.15, -0.1) is 0 Å². The lowest BCUT2D eigenvalue weighted by atomic mass is 10.1. The summed E-state index contributed by atoms with van der Waals surface area (Å²) in [6.45, 7) is 1.48. The molecule has 1 heterocycles. The van der Waals surface area contributed by atoms with Crippen molar-refractivity contribution in [3.8, 4) is 11.4 Å². The molecule has 0 fully saturated rings. The summed E-state index contributed by atoms with van der Waals surface area (Å²) in [6.07, 6.45) is 3.37. The van der Waals surface area contributed by atoms with E-state index in [4.69, 9.17) is 16.3 Å². The molecular weight excluding hydrogens is 354 g/mol. The molecule has 0 saturated carbocycles. The van der Waals surface area contributed by atoms with Gasteiger partial charge in [-0.2, -0.15) is 0 Å². The number of esters is 1. The third kappa shape index (κ3) is 4.29. The molecule has 0 aliphatic carbocycles. The van der Waals surface area contributed by atoms with Crippen molar-refractivity contribution in [1.29, 1.82) is 0 Å². The predicted octanol–water partition coefficient (Wildman–Crippen LogP) is 3.83. The molecule has 0 bridgehead atoms. The fourth-order valence-electron chi connectivity index (χ4n) is 2.27. The van der Waals surface area contributed by atoms with Crippen LogP contribution in [-0.4, -0.2) is 28.5 Å². The van der Waals surface area contributed by atoms with Gasteiger partial charge in [0.15, 0.2) is 6.61 Å². The topological polar surface area (TPSA) is 84.1 Å². The molecule has 3 rings (SSSR count). The average Bonchev–Trinajstić information content (AvgIpc) is 3.18. The molecule has 1 aromatic heterocycles. The van der Waals surface area contributed by atoms with E-state index in [-0.39, 0.29) is 6.61 Å². The molecule has 1 amide bonds. The Balaban J connectivity index is 1.54. The maximum atomic E-state index is 12.1. The molecule has 0 aliphatic rings. The first-order valence-electron chi connectivity index (χ1n) is 7.86. The Labute approximate surface area is 155 Å². The number of carbonyl (C=O) groups excluding carboxylic acids is 2. The molecule has 2 aromatic carbocycles. The average molecular weight is 370 g/mol. The number of nitrogens with zero attached hydrogens (tertiary/aromatic N) is 1. The van der Waals surface area contributed by atoms with E-state index in [1.54, 1.807) is 54.9 Å². The highest BCUT2D eigenvalue weighted by molar-refractivity contribution is 6.31. The number of halogens is 1. The number of H-pyrrole nitrogens is 1. The summed E-state index contributed by atoms with van der Waals surface area (Å²) in [4.78, 5) is 31.1. The van der Waals surface area contributed by atoms with Crippen LogP contribution in [0.3, 0.4) is 0 Å². The molecule has 0 saturated heterocycles. The maximum absolute atomic E-state index is 12.1. The van der Waals surface area contributed by atoms with Crippen molar-refractivity contribution in [2.24, 2.45) is 0 Å². The third-order valence-electron chi connectivity index (χ3n) is 3.68. The van der Waals surface area contributed by atoms with Gasteiger partial charge in [-0.25, -0.2) is 9.78 Å². The Hall–Kier alpha value is -3.12. The Morgan fingerprint density at radius 1 is 1.19 bits per heavy atom. The van der Waals surface area contributed by atoms with E-state index < -0.39 is 11.9 Å². The van der Waals surface area contributed by atoms with Crippen molar-refractivity contribution >= 4 is 29.2 Å². The van der Waals surface area contributed by atoms with Crippen LogP contribution in [-0.2, 0) is 9.53 Å². The summed E-state index contributed by atoms with van der Waals surface area (Å²) in [7, 11) is 0. The minimum atomic E-state index is -0.576. The van der Waals surface area contributed by atoms with E-state index in [2.05, 4.69) is 15.3 Å². The Morgan fingerprint density at radius 3 is 2.62 bits per heavy atom. The first-order valence-corrected chi connectivity index (χ1v) is 8.23. The first-order chi connectivity index (χ1) is 12.5. The number of hydrogen-bond donors (Lipinski definition) is 2. The molecule has 0 radical (unpaired) electrons. The van der Waals surface area contributed by atoms with Gasteiger partial charge in [-0.1, -0.05) is 29.8 Å². The zero-order valence-corrected chi connectivity index (χ0v) is 14.7. The minimum Gasteiger partial charge on any atom is -0.452 e. The van der Waals surface area contributed by atoms with Crippen LogP contribution < -0.4 is 5.32 Å². The Morgan fingerprint density at radius 2 is 1.96 bits per heavy atom. The summed E-state index contributed by atoms with van der Waals surface area (Å²) in [5, 5.41) is 3.18. The monoisotopic (exact) mass is 369 g/mol. The van der Waals surface area contributed by atoms with Gasteiger partial charge in [0.2, 0.25) is 0 Å². The lowest BCUT2D eigenvalue weighted by Crippen LogP contribution is -2.20. The fourth-order valence-corrected chi connectivity index (χ4v) is 2.45. The normalized spacial score (nSPS) is 10.4. The smallest absolute Gasteiger partial charge is 0.338 e. The maximum Gasteiger partial charge on any atom is 0.338 e. The molecule has 26 heavy (non-hydrogen) atoms. The number of anilines is 1. The zero-order valence-electron chi connectivity index (χ0n) is 14.0. The van der Waals surface area contributed by atoms with E-state index in [0.29, 0.717) is 22.1 Å². The van der Waals surface area contributed by atoms with Gasteiger partial charge in [0.05, 0.1) is 5.56 Å². The van der Waals surface area contributed by atoms with Gasteiger partial charge in [-0.05, 0) is 36.8 Å². The standard InChI is InChI=1S/C19H16ClN3O3/c1-12-2-7-15(10-16(12)20)23-17(24)11-26-19(25)14-5-3-13(4-6-14)18-21-8-9-22-18/h2-10H,11H2,1H3,(H,21,22)(H,23,24). The number of carbonyl (C=O) groups is 2.